The Hall–Kier alpha value is -2.29. The van der Waals surface area contributed by atoms with E-state index in [9.17, 15) is 19.5 Å². The number of nitrogens with two attached hydrogens (primary N) is 1. The normalized spacial score (nSPS) is 31.4. The third-order valence-electron chi connectivity index (χ3n) is 6.68. The average molecular weight is 402 g/mol. The van der Waals surface area contributed by atoms with Gasteiger partial charge in [0.05, 0.1) is 5.69 Å². The highest BCUT2D eigenvalue weighted by Crippen LogP contribution is 2.50. The Morgan fingerprint density at radius 1 is 1.31 bits per heavy atom. The molecule has 1 aromatic rings. The van der Waals surface area contributed by atoms with E-state index in [2.05, 4.69) is 5.32 Å². The number of anilines is 1. The van der Waals surface area contributed by atoms with Crippen molar-refractivity contribution in [1.82, 2.24) is 4.90 Å². The van der Waals surface area contributed by atoms with Crippen molar-refractivity contribution in [2.75, 3.05) is 25.6 Å². The Bertz CT molecular complexity index is 870. The molecule has 2 fully saturated rings. The summed E-state index contributed by atoms with van der Waals surface area (Å²) < 4.78 is 5.05. The summed E-state index contributed by atoms with van der Waals surface area (Å²) in [5, 5.41) is 15.1. The van der Waals surface area contributed by atoms with Gasteiger partial charge in [-0.15, -0.1) is 0 Å². The van der Waals surface area contributed by atoms with Gasteiger partial charge in [-0.1, -0.05) is 25.1 Å². The van der Waals surface area contributed by atoms with Crippen molar-refractivity contribution in [2.45, 2.75) is 44.4 Å². The lowest BCUT2D eigenvalue weighted by Crippen LogP contribution is -3.00. The predicted molar refractivity (Wildman–Crippen MR) is 104 cm³/mol. The summed E-state index contributed by atoms with van der Waals surface area (Å²) in [5.41, 5.74) is 1.24. The number of aliphatic hydroxyl groups is 1. The van der Waals surface area contributed by atoms with Gasteiger partial charge in [0.1, 0.15) is 24.0 Å². The zero-order chi connectivity index (χ0) is 20.9. The second-order valence-corrected chi connectivity index (χ2v) is 8.18. The van der Waals surface area contributed by atoms with Crippen LogP contribution in [0.2, 0.25) is 0 Å². The van der Waals surface area contributed by atoms with Crippen LogP contribution in [0.3, 0.4) is 0 Å². The van der Waals surface area contributed by atoms with Crippen LogP contribution in [0.15, 0.2) is 18.2 Å². The minimum Gasteiger partial charge on any atom is -0.387 e. The number of carbonyl (C=O) groups excluding carboxylic acids is 3. The number of hydrogen-bond acceptors (Lipinski definition) is 5. The number of aliphatic hydroxyl groups excluding tert-OH is 1. The first-order valence-corrected chi connectivity index (χ1v) is 10.2. The Balaban J connectivity index is 1.82. The van der Waals surface area contributed by atoms with Crippen LogP contribution in [0.1, 0.15) is 31.4 Å². The van der Waals surface area contributed by atoms with Crippen LogP contribution in [0, 0.1) is 11.8 Å². The molecule has 3 aliphatic rings. The molecule has 4 N–H and O–H groups in total. The Morgan fingerprint density at radius 2 is 2.07 bits per heavy atom. The van der Waals surface area contributed by atoms with Crippen molar-refractivity contribution in [1.29, 1.82) is 0 Å². The van der Waals surface area contributed by atoms with Crippen molar-refractivity contribution >= 4 is 23.4 Å². The fourth-order valence-electron chi connectivity index (χ4n) is 5.36. The highest BCUT2D eigenvalue weighted by atomic mass is 16.5. The van der Waals surface area contributed by atoms with Crippen molar-refractivity contribution in [3.63, 3.8) is 0 Å². The maximum absolute atomic E-state index is 13.4. The molecular formula is C21H28N3O5+. The molecular weight excluding hydrogens is 374 g/mol. The summed E-state index contributed by atoms with van der Waals surface area (Å²) in [6, 6.07) is 5.13. The van der Waals surface area contributed by atoms with Crippen LogP contribution < -0.4 is 10.6 Å². The van der Waals surface area contributed by atoms with Crippen molar-refractivity contribution in [2.24, 2.45) is 11.8 Å². The lowest BCUT2D eigenvalue weighted by atomic mass is 9.76. The predicted octanol–water partition coefficient (Wildman–Crippen LogP) is -0.639. The molecule has 0 saturated carbocycles. The largest absolute Gasteiger partial charge is 0.387 e. The second kappa shape index (κ2) is 7.19. The third-order valence-corrected chi connectivity index (χ3v) is 6.68. The van der Waals surface area contributed by atoms with E-state index >= 15 is 0 Å². The molecule has 3 heterocycles. The van der Waals surface area contributed by atoms with E-state index in [0.717, 1.165) is 23.2 Å². The Labute approximate surface area is 169 Å². The van der Waals surface area contributed by atoms with E-state index in [0.29, 0.717) is 13.0 Å². The van der Waals surface area contributed by atoms with Crippen LogP contribution in [0.25, 0.3) is 0 Å². The SMILES string of the molecule is CCc1cccc2c1NC(=O)[C@]21[NH2+][C@@H]([C@@H](C)O)[C@H]2C(=O)N(CCCOC)C(=O)[C@H]21. The van der Waals surface area contributed by atoms with Crippen LogP contribution in [-0.2, 0) is 31.1 Å². The lowest BCUT2D eigenvalue weighted by molar-refractivity contribution is -0.738. The van der Waals surface area contributed by atoms with Crippen molar-refractivity contribution in [3.8, 4) is 0 Å². The first-order valence-electron chi connectivity index (χ1n) is 10.2. The molecule has 1 spiro atoms. The van der Waals surface area contributed by atoms with Gasteiger partial charge in [0.25, 0.3) is 5.91 Å². The fraction of sp³-hybridized carbons (Fsp3) is 0.571. The zero-order valence-corrected chi connectivity index (χ0v) is 17.0. The highest BCUT2D eigenvalue weighted by molar-refractivity contribution is 6.14. The number of quaternary nitrogens is 1. The summed E-state index contributed by atoms with van der Waals surface area (Å²) in [6.45, 7) is 4.31. The quantitative estimate of drug-likeness (QED) is 0.433. The minimum absolute atomic E-state index is 0.255. The number of methoxy groups -OCH3 is 1. The molecule has 8 heteroatoms. The van der Waals surface area contributed by atoms with Gasteiger partial charge >= 0.3 is 0 Å². The van der Waals surface area contributed by atoms with Gasteiger partial charge in [-0.2, -0.15) is 0 Å². The molecule has 0 unspecified atom stereocenters. The fourth-order valence-corrected chi connectivity index (χ4v) is 5.36. The average Bonchev–Trinajstić information content (AvgIpc) is 3.28. The standard InChI is InChI=1S/C21H27N3O5/c1-4-12-7-5-8-13-17(12)22-20(28)21(13)15-14(16(23-21)11(2)25)18(26)24(19(15)27)9-6-10-29-3/h5,7-8,11,14-16,23,25H,4,6,9-10H2,1-3H3,(H,22,28)/p+1/t11-,14+,15+,16+,21+/m1/s1. The number of carbonyl (C=O) groups is 3. The van der Waals surface area contributed by atoms with E-state index < -0.39 is 29.5 Å². The number of amides is 3. The smallest absolute Gasteiger partial charge is 0.291 e. The molecule has 0 aliphatic carbocycles. The number of likely N-dealkylation sites (tertiary alicyclic amines) is 1. The molecule has 156 valence electrons. The van der Waals surface area contributed by atoms with Crippen LogP contribution in [-0.4, -0.2) is 60.1 Å². The lowest BCUT2D eigenvalue weighted by Gasteiger charge is -2.27. The second-order valence-electron chi connectivity index (χ2n) is 8.18. The van der Waals surface area contributed by atoms with Crippen molar-refractivity contribution < 1.29 is 29.5 Å². The number of fused-ring (bicyclic) bond motifs is 4. The summed E-state index contributed by atoms with van der Waals surface area (Å²) in [4.78, 5) is 41.2. The number of nitrogens with zero attached hydrogens (tertiary/aromatic N) is 1. The first-order chi connectivity index (χ1) is 13.9. The zero-order valence-electron chi connectivity index (χ0n) is 17.0. The molecule has 29 heavy (non-hydrogen) atoms. The number of para-hydroxylation sites is 1. The number of ether oxygens (including phenoxy) is 1. The number of benzene rings is 1. The van der Waals surface area contributed by atoms with E-state index in [1.165, 1.54) is 4.90 Å². The summed E-state index contributed by atoms with van der Waals surface area (Å²) in [6.07, 6.45) is 0.430. The molecule has 0 bridgehead atoms. The number of hydrogen-bond donors (Lipinski definition) is 3. The van der Waals surface area contributed by atoms with Crippen molar-refractivity contribution in [3.05, 3.63) is 29.3 Å². The van der Waals surface area contributed by atoms with Crippen LogP contribution >= 0.6 is 0 Å². The van der Waals surface area contributed by atoms with Gasteiger partial charge in [0.2, 0.25) is 17.4 Å². The molecule has 5 atom stereocenters. The maximum Gasteiger partial charge on any atom is 0.291 e. The van der Waals surface area contributed by atoms with Gasteiger partial charge in [0.15, 0.2) is 0 Å². The topological polar surface area (TPSA) is 113 Å². The van der Waals surface area contributed by atoms with E-state index in [1.54, 1.807) is 19.4 Å². The molecule has 1 aromatic carbocycles. The first kappa shape index (κ1) is 20.0. The molecule has 3 amide bonds. The molecule has 8 nitrogen and oxygen atoms in total. The van der Waals surface area contributed by atoms with E-state index in [1.807, 2.05) is 25.1 Å². The molecule has 3 aliphatic heterocycles. The Kier molecular flexibility index (Phi) is 4.96. The number of imide groups is 1. The molecule has 4 rings (SSSR count). The number of nitrogens with one attached hydrogen (secondary N) is 1. The maximum atomic E-state index is 13.4. The van der Waals surface area contributed by atoms with Gasteiger partial charge in [-0.05, 0) is 25.3 Å². The molecule has 2 saturated heterocycles. The van der Waals surface area contributed by atoms with Crippen LogP contribution in [0.4, 0.5) is 5.69 Å². The van der Waals surface area contributed by atoms with Gasteiger partial charge in [0, 0.05) is 25.8 Å². The Morgan fingerprint density at radius 3 is 2.72 bits per heavy atom. The molecule has 0 radical (unpaired) electrons. The van der Waals surface area contributed by atoms with Gasteiger partial charge in [-0.25, -0.2) is 0 Å². The summed E-state index contributed by atoms with van der Waals surface area (Å²) in [5.74, 6) is -2.48. The number of rotatable bonds is 6. The van der Waals surface area contributed by atoms with E-state index in [4.69, 9.17) is 4.74 Å². The van der Waals surface area contributed by atoms with Crippen LogP contribution in [0.5, 0.6) is 0 Å². The summed E-state index contributed by atoms with van der Waals surface area (Å²) >= 11 is 0. The highest BCUT2D eigenvalue weighted by Gasteiger charge is 2.74. The third kappa shape index (κ3) is 2.66. The summed E-state index contributed by atoms with van der Waals surface area (Å²) in [7, 11) is 1.57. The van der Waals surface area contributed by atoms with Gasteiger partial charge < -0.3 is 20.5 Å². The monoisotopic (exact) mass is 402 g/mol. The van der Waals surface area contributed by atoms with Gasteiger partial charge in [-0.3, -0.25) is 19.3 Å². The minimum atomic E-state index is -1.23. The molecule has 0 aromatic heterocycles. The number of aryl methyl sites for hydroxylation is 1. The van der Waals surface area contributed by atoms with E-state index in [-0.39, 0.29) is 24.3 Å².